The van der Waals surface area contributed by atoms with Crippen molar-refractivity contribution in [2.45, 2.75) is 0 Å². The topological polar surface area (TPSA) is 35.6 Å². The molecule has 0 spiro atoms. The summed E-state index contributed by atoms with van der Waals surface area (Å²) in [5, 5.41) is 4.89. The molecule has 0 fully saturated rings. The number of hydrogen-bond acceptors (Lipinski definition) is 2. The average molecular weight is 715 g/mol. The van der Waals surface area contributed by atoms with Gasteiger partial charge in [-0.1, -0.05) is 164 Å². The van der Waals surface area contributed by atoms with E-state index >= 15 is 0 Å². The Kier molecular flexibility index (Phi) is 7.46. The molecule has 11 aromatic rings. The van der Waals surface area contributed by atoms with E-state index in [0.717, 1.165) is 56.1 Å². The Morgan fingerprint density at radius 1 is 0.304 bits per heavy atom. The van der Waals surface area contributed by atoms with Gasteiger partial charge in [0.05, 0.1) is 33.5 Å². The molecule has 0 N–H and O–H groups in total. The van der Waals surface area contributed by atoms with Crippen LogP contribution in [0.1, 0.15) is 0 Å². The van der Waals surface area contributed by atoms with Gasteiger partial charge in [0, 0.05) is 49.6 Å². The Hall–Kier alpha value is -7.56. The molecular weight excluding hydrogens is 681 g/mol. The van der Waals surface area contributed by atoms with E-state index in [1.807, 2.05) is 12.1 Å². The third-order valence-electron chi connectivity index (χ3n) is 10.9. The van der Waals surface area contributed by atoms with E-state index in [1.165, 1.54) is 38.1 Å². The second-order valence-electron chi connectivity index (χ2n) is 14.2. The van der Waals surface area contributed by atoms with Crippen LogP contribution in [0.5, 0.6) is 0 Å². The van der Waals surface area contributed by atoms with Gasteiger partial charge in [0.15, 0.2) is 5.82 Å². The summed E-state index contributed by atoms with van der Waals surface area (Å²) in [5.74, 6) is 0.692. The smallest absolute Gasteiger partial charge is 0.161 e. The van der Waals surface area contributed by atoms with Crippen LogP contribution in [0.25, 0.3) is 100 Å². The molecule has 0 saturated heterocycles. The summed E-state index contributed by atoms with van der Waals surface area (Å²) < 4.78 is 4.87. The van der Waals surface area contributed by atoms with Gasteiger partial charge in [-0.05, 0) is 53.6 Å². The van der Waals surface area contributed by atoms with Crippen molar-refractivity contribution in [2.24, 2.45) is 0 Å². The molecule has 0 radical (unpaired) electrons. The maximum Gasteiger partial charge on any atom is 0.161 e. The Bertz CT molecular complexity index is 3230. The first-order valence-corrected chi connectivity index (χ1v) is 19.0. The highest BCUT2D eigenvalue weighted by atomic mass is 15.0. The molecule has 56 heavy (non-hydrogen) atoms. The Labute approximate surface area is 324 Å². The van der Waals surface area contributed by atoms with Crippen molar-refractivity contribution in [3.63, 3.8) is 0 Å². The van der Waals surface area contributed by atoms with Crippen LogP contribution in [-0.2, 0) is 0 Å². The third-order valence-corrected chi connectivity index (χ3v) is 10.9. The fourth-order valence-electron chi connectivity index (χ4n) is 8.44. The number of para-hydroxylation sites is 3. The highest BCUT2D eigenvalue weighted by Gasteiger charge is 2.22. The molecule has 3 heterocycles. The van der Waals surface area contributed by atoms with Crippen LogP contribution in [0.3, 0.4) is 0 Å². The van der Waals surface area contributed by atoms with Gasteiger partial charge < -0.3 is 9.13 Å². The average Bonchev–Trinajstić information content (AvgIpc) is 3.80. The van der Waals surface area contributed by atoms with E-state index in [2.05, 4.69) is 203 Å². The summed E-state index contributed by atoms with van der Waals surface area (Å²) in [6.45, 7) is 0. The standard InChI is InChI=1S/C52H34N4/c1-4-17-35(18-5-1)40-25-10-11-28-45(40)52-53-46(36-19-6-2-7-20-36)34-47(54-52)37-21-16-24-39(33-37)56-49-30-15-13-27-42(49)44-32-31-43-41-26-12-14-29-48(41)55(50(43)51(44)56)38-22-8-3-9-23-38/h1-34H. The summed E-state index contributed by atoms with van der Waals surface area (Å²) in [6, 6.07) is 73.1. The first kappa shape index (κ1) is 31.9. The molecule has 0 aliphatic rings. The maximum atomic E-state index is 5.34. The van der Waals surface area contributed by atoms with Crippen molar-refractivity contribution >= 4 is 43.6 Å². The van der Waals surface area contributed by atoms with Gasteiger partial charge in [0.2, 0.25) is 0 Å². The normalized spacial score (nSPS) is 11.6. The fourth-order valence-corrected chi connectivity index (χ4v) is 8.44. The monoisotopic (exact) mass is 714 g/mol. The Balaban J connectivity index is 1.18. The van der Waals surface area contributed by atoms with Gasteiger partial charge in [0.1, 0.15) is 0 Å². The zero-order chi connectivity index (χ0) is 37.0. The van der Waals surface area contributed by atoms with Gasteiger partial charge in [-0.2, -0.15) is 0 Å². The minimum atomic E-state index is 0.692. The molecule has 0 atom stereocenters. The van der Waals surface area contributed by atoms with Crippen molar-refractivity contribution in [3.05, 3.63) is 206 Å². The van der Waals surface area contributed by atoms with Gasteiger partial charge in [-0.15, -0.1) is 0 Å². The lowest BCUT2D eigenvalue weighted by Crippen LogP contribution is -2.00. The molecule has 0 bridgehead atoms. The van der Waals surface area contributed by atoms with Crippen molar-refractivity contribution in [3.8, 4) is 56.4 Å². The molecule has 0 unspecified atom stereocenters. The van der Waals surface area contributed by atoms with E-state index < -0.39 is 0 Å². The molecule has 262 valence electrons. The molecule has 0 amide bonds. The number of nitrogens with zero attached hydrogens (tertiary/aromatic N) is 4. The lowest BCUT2D eigenvalue weighted by molar-refractivity contribution is 1.15. The van der Waals surface area contributed by atoms with Gasteiger partial charge in [-0.25, -0.2) is 9.97 Å². The van der Waals surface area contributed by atoms with E-state index in [9.17, 15) is 0 Å². The molecule has 3 aromatic heterocycles. The zero-order valence-electron chi connectivity index (χ0n) is 30.4. The van der Waals surface area contributed by atoms with Gasteiger partial charge in [-0.3, -0.25) is 0 Å². The van der Waals surface area contributed by atoms with Gasteiger partial charge >= 0.3 is 0 Å². The van der Waals surface area contributed by atoms with Crippen LogP contribution in [0.4, 0.5) is 0 Å². The molecule has 4 nitrogen and oxygen atoms in total. The van der Waals surface area contributed by atoms with Crippen LogP contribution in [0, 0.1) is 0 Å². The lowest BCUT2D eigenvalue weighted by atomic mass is 9.98. The minimum Gasteiger partial charge on any atom is -0.307 e. The third kappa shape index (κ3) is 5.15. The van der Waals surface area contributed by atoms with Gasteiger partial charge in [0.25, 0.3) is 0 Å². The molecule has 0 saturated carbocycles. The van der Waals surface area contributed by atoms with Crippen LogP contribution < -0.4 is 0 Å². The quantitative estimate of drug-likeness (QED) is 0.172. The van der Waals surface area contributed by atoms with Crippen molar-refractivity contribution < 1.29 is 0 Å². The van der Waals surface area contributed by atoms with Crippen LogP contribution in [0.2, 0.25) is 0 Å². The first-order valence-electron chi connectivity index (χ1n) is 19.0. The predicted molar refractivity (Wildman–Crippen MR) is 232 cm³/mol. The van der Waals surface area contributed by atoms with E-state index in [4.69, 9.17) is 9.97 Å². The number of aromatic nitrogens is 4. The van der Waals surface area contributed by atoms with Crippen molar-refractivity contribution in [1.82, 2.24) is 19.1 Å². The maximum absolute atomic E-state index is 5.34. The molecule has 0 aliphatic heterocycles. The molecule has 4 heteroatoms. The van der Waals surface area contributed by atoms with Crippen molar-refractivity contribution in [1.29, 1.82) is 0 Å². The summed E-state index contributed by atoms with van der Waals surface area (Å²) >= 11 is 0. The first-order chi connectivity index (χ1) is 27.8. The molecular formula is C52H34N4. The SMILES string of the molecule is c1ccc(-c2cc(-c3cccc(-n4c5ccccc5c5ccc6c7ccccc7n(-c7ccccc7)c6c54)c3)nc(-c3ccccc3-c3ccccc3)n2)cc1. The fraction of sp³-hybridized carbons (Fsp3) is 0. The summed E-state index contributed by atoms with van der Waals surface area (Å²) in [6.07, 6.45) is 0. The summed E-state index contributed by atoms with van der Waals surface area (Å²) in [7, 11) is 0. The Morgan fingerprint density at radius 2 is 0.768 bits per heavy atom. The van der Waals surface area contributed by atoms with Crippen LogP contribution >= 0.6 is 0 Å². The minimum absolute atomic E-state index is 0.692. The summed E-state index contributed by atoms with van der Waals surface area (Å²) in [4.78, 5) is 10.6. The highest BCUT2D eigenvalue weighted by Crippen LogP contribution is 2.42. The van der Waals surface area contributed by atoms with E-state index in [1.54, 1.807) is 0 Å². The number of benzene rings is 8. The van der Waals surface area contributed by atoms with Crippen molar-refractivity contribution in [2.75, 3.05) is 0 Å². The van der Waals surface area contributed by atoms with E-state index in [-0.39, 0.29) is 0 Å². The number of hydrogen-bond donors (Lipinski definition) is 0. The zero-order valence-corrected chi connectivity index (χ0v) is 30.4. The highest BCUT2D eigenvalue weighted by molar-refractivity contribution is 6.23. The predicted octanol–water partition coefficient (Wildman–Crippen LogP) is 13.3. The lowest BCUT2D eigenvalue weighted by Gasteiger charge is -2.15. The number of rotatable bonds is 6. The van der Waals surface area contributed by atoms with Crippen LogP contribution in [-0.4, -0.2) is 19.1 Å². The van der Waals surface area contributed by atoms with Crippen LogP contribution in [0.15, 0.2) is 206 Å². The second kappa shape index (κ2) is 13.1. The van der Waals surface area contributed by atoms with E-state index in [0.29, 0.717) is 5.82 Å². The number of fused-ring (bicyclic) bond motifs is 7. The Morgan fingerprint density at radius 3 is 1.41 bits per heavy atom. The molecule has 8 aromatic carbocycles. The second-order valence-corrected chi connectivity index (χ2v) is 14.2. The summed E-state index contributed by atoms with van der Waals surface area (Å²) in [5.41, 5.74) is 13.9. The molecule has 0 aliphatic carbocycles. The molecule has 11 rings (SSSR count). The largest absolute Gasteiger partial charge is 0.307 e.